The first-order chi connectivity index (χ1) is 8.75. The molecule has 0 heterocycles. The van der Waals surface area contributed by atoms with Gasteiger partial charge in [-0.25, -0.2) is 0 Å². The van der Waals surface area contributed by atoms with Crippen molar-refractivity contribution in [3.05, 3.63) is 60.2 Å². The van der Waals surface area contributed by atoms with Crippen molar-refractivity contribution < 1.29 is 9.53 Å². The molecule has 2 aromatic rings. The largest absolute Gasteiger partial charge is 0.484 e. The molecular weight excluding hydrogens is 226 g/mol. The van der Waals surface area contributed by atoms with Gasteiger partial charge in [-0.3, -0.25) is 4.79 Å². The second-order valence-corrected chi connectivity index (χ2v) is 3.96. The number of aryl methyl sites for hydroxylation is 1. The van der Waals surface area contributed by atoms with Crippen LogP contribution in [0, 0.1) is 6.92 Å². The molecule has 1 N–H and O–H groups in total. The van der Waals surface area contributed by atoms with Crippen LogP contribution in [0.2, 0.25) is 0 Å². The summed E-state index contributed by atoms with van der Waals surface area (Å²) in [6, 6.07) is 16.9. The van der Waals surface area contributed by atoms with Crippen molar-refractivity contribution in [1.29, 1.82) is 0 Å². The van der Waals surface area contributed by atoms with Crippen LogP contribution in [0.1, 0.15) is 5.56 Å². The van der Waals surface area contributed by atoms with Gasteiger partial charge in [-0.2, -0.15) is 0 Å². The Balaban J connectivity index is 1.88. The van der Waals surface area contributed by atoms with Crippen molar-refractivity contribution >= 4 is 11.6 Å². The molecule has 0 unspecified atom stereocenters. The molecule has 0 spiro atoms. The first kappa shape index (κ1) is 12.2. The van der Waals surface area contributed by atoms with E-state index in [9.17, 15) is 4.79 Å². The van der Waals surface area contributed by atoms with Crippen molar-refractivity contribution in [2.75, 3.05) is 11.9 Å². The van der Waals surface area contributed by atoms with Crippen molar-refractivity contribution in [2.24, 2.45) is 0 Å². The van der Waals surface area contributed by atoms with E-state index in [1.54, 1.807) is 0 Å². The Morgan fingerprint density at radius 2 is 1.72 bits per heavy atom. The number of nitrogens with one attached hydrogen (secondary N) is 1. The lowest BCUT2D eigenvalue weighted by molar-refractivity contribution is -0.118. The highest BCUT2D eigenvalue weighted by atomic mass is 16.5. The Bertz CT molecular complexity index is 523. The minimum atomic E-state index is -0.159. The Hall–Kier alpha value is -2.29. The van der Waals surface area contributed by atoms with Crippen molar-refractivity contribution in [3.8, 4) is 5.75 Å². The Morgan fingerprint density at radius 1 is 1.06 bits per heavy atom. The fourth-order valence-electron chi connectivity index (χ4n) is 1.57. The predicted molar refractivity (Wildman–Crippen MR) is 71.7 cm³/mol. The molecule has 0 radical (unpaired) electrons. The number of rotatable bonds is 4. The Labute approximate surface area is 106 Å². The van der Waals surface area contributed by atoms with E-state index in [0.29, 0.717) is 5.75 Å². The third-order valence-corrected chi connectivity index (χ3v) is 2.53. The summed E-state index contributed by atoms with van der Waals surface area (Å²) in [5.41, 5.74) is 1.85. The second kappa shape index (κ2) is 5.87. The van der Waals surface area contributed by atoms with E-state index in [4.69, 9.17) is 4.74 Å². The highest BCUT2D eigenvalue weighted by molar-refractivity contribution is 5.92. The number of hydrogen-bond acceptors (Lipinski definition) is 2. The van der Waals surface area contributed by atoms with Crippen LogP contribution in [0.3, 0.4) is 0 Å². The average molecular weight is 241 g/mol. The van der Waals surface area contributed by atoms with Crippen molar-refractivity contribution in [1.82, 2.24) is 0 Å². The smallest absolute Gasteiger partial charge is 0.262 e. The van der Waals surface area contributed by atoms with Gasteiger partial charge in [-0.15, -0.1) is 0 Å². The van der Waals surface area contributed by atoms with E-state index in [-0.39, 0.29) is 12.5 Å². The molecule has 1 amide bonds. The lowest BCUT2D eigenvalue weighted by Crippen LogP contribution is -2.20. The molecule has 2 rings (SSSR count). The van der Waals surface area contributed by atoms with Crippen molar-refractivity contribution in [2.45, 2.75) is 6.92 Å². The van der Waals surface area contributed by atoms with Gasteiger partial charge >= 0.3 is 0 Å². The van der Waals surface area contributed by atoms with Gasteiger partial charge in [0.1, 0.15) is 5.75 Å². The van der Waals surface area contributed by atoms with E-state index < -0.39 is 0 Å². The van der Waals surface area contributed by atoms with Gasteiger partial charge in [0, 0.05) is 5.69 Å². The van der Waals surface area contributed by atoms with Crippen LogP contribution in [0.5, 0.6) is 5.75 Å². The summed E-state index contributed by atoms with van der Waals surface area (Å²) in [5.74, 6) is 0.533. The summed E-state index contributed by atoms with van der Waals surface area (Å²) < 4.78 is 5.37. The van der Waals surface area contributed by atoms with E-state index in [1.807, 2.05) is 61.5 Å². The standard InChI is InChI=1S/C15H15NO2/c1-12-7-5-6-10-14(12)16-15(17)11-18-13-8-3-2-4-9-13/h2-10H,11H2,1H3,(H,16,17). The molecule has 0 atom stereocenters. The van der Waals surface area contributed by atoms with Crippen LogP contribution in [0.25, 0.3) is 0 Å². The fraction of sp³-hybridized carbons (Fsp3) is 0.133. The molecule has 0 aliphatic heterocycles. The number of benzene rings is 2. The van der Waals surface area contributed by atoms with Crippen LogP contribution < -0.4 is 10.1 Å². The minimum absolute atomic E-state index is 0.0122. The molecule has 0 saturated heterocycles. The monoisotopic (exact) mass is 241 g/mol. The van der Waals surface area contributed by atoms with Crippen LogP contribution in [0.4, 0.5) is 5.69 Å². The number of anilines is 1. The van der Waals surface area contributed by atoms with Gasteiger partial charge in [0.2, 0.25) is 0 Å². The number of carbonyl (C=O) groups is 1. The highest BCUT2D eigenvalue weighted by Crippen LogP contribution is 2.13. The molecule has 0 aliphatic rings. The highest BCUT2D eigenvalue weighted by Gasteiger charge is 2.04. The van der Waals surface area contributed by atoms with Crippen molar-refractivity contribution in [3.63, 3.8) is 0 Å². The summed E-state index contributed by atoms with van der Waals surface area (Å²) >= 11 is 0. The van der Waals surface area contributed by atoms with Gasteiger partial charge in [0.15, 0.2) is 6.61 Å². The van der Waals surface area contributed by atoms with Gasteiger partial charge < -0.3 is 10.1 Å². The van der Waals surface area contributed by atoms with Crippen LogP contribution in [-0.2, 0) is 4.79 Å². The fourth-order valence-corrected chi connectivity index (χ4v) is 1.57. The first-order valence-electron chi connectivity index (χ1n) is 5.79. The minimum Gasteiger partial charge on any atom is -0.484 e. The summed E-state index contributed by atoms with van der Waals surface area (Å²) in [5, 5.41) is 2.82. The molecule has 0 aliphatic carbocycles. The molecule has 0 fully saturated rings. The zero-order chi connectivity index (χ0) is 12.8. The molecule has 2 aromatic carbocycles. The third-order valence-electron chi connectivity index (χ3n) is 2.53. The molecule has 0 aromatic heterocycles. The maximum atomic E-state index is 11.7. The lowest BCUT2D eigenvalue weighted by atomic mass is 10.2. The van der Waals surface area contributed by atoms with E-state index in [0.717, 1.165) is 11.3 Å². The number of carbonyl (C=O) groups excluding carboxylic acids is 1. The van der Waals surface area contributed by atoms with E-state index in [2.05, 4.69) is 5.32 Å². The normalized spacial score (nSPS) is 9.83. The van der Waals surface area contributed by atoms with E-state index in [1.165, 1.54) is 0 Å². The first-order valence-corrected chi connectivity index (χ1v) is 5.79. The molecule has 18 heavy (non-hydrogen) atoms. The maximum Gasteiger partial charge on any atom is 0.262 e. The van der Waals surface area contributed by atoms with Crippen LogP contribution in [-0.4, -0.2) is 12.5 Å². The van der Waals surface area contributed by atoms with Gasteiger partial charge in [0.25, 0.3) is 5.91 Å². The summed E-state index contributed by atoms with van der Waals surface area (Å²) in [6.07, 6.45) is 0. The molecule has 0 saturated carbocycles. The molecular formula is C15H15NO2. The quantitative estimate of drug-likeness (QED) is 0.893. The molecule has 0 bridgehead atoms. The number of para-hydroxylation sites is 2. The zero-order valence-corrected chi connectivity index (χ0v) is 10.2. The topological polar surface area (TPSA) is 38.3 Å². The molecule has 92 valence electrons. The van der Waals surface area contributed by atoms with Gasteiger partial charge in [-0.1, -0.05) is 36.4 Å². The zero-order valence-electron chi connectivity index (χ0n) is 10.2. The predicted octanol–water partition coefficient (Wildman–Crippen LogP) is 3.01. The lowest BCUT2D eigenvalue weighted by Gasteiger charge is -2.09. The Morgan fingerprint density at radius 3 is 2.44 bits per heavy atom. The van der Waals surface area contributed by atoms with Gasteiger partial charge in [0.05, 0.1) is 0 Å². The van der Waals surface area contributed by atoms with Crippen LogP contribution in [0.15, 0.2) is 54.6 Å². The third kappa shape index (κ3) is 3.35. The van der Waals surface area contributed by atoms with E-state index >= 15 is 0 Å². The maximum absolute atomic E-state index is 11.7. The number of ether oxygens (including phenoxy) is 1. The Kier molecular flexibility index (Phi) is 3.97. The average Bonchev–Trinajstić information content (AvgIpc) is 2.40. The second-order valence-electron chi connectivity index (χ2n) is 3.96. The SMILES string of the molecule is Cc1ccccc1NC(=O)COc1ccccc1. The summed E-state index contributed by atoms with van der Waals surface area (Å²) in [6.45, 7) is 1.96. The molecule has 3 nitrogen and oxygen atoms in total. The summed E-state index contributed by atoms with van der Waals surface area (Å²) in [4.78, 5) is 11.7. The van der Waals surface area contributed by atoms with Crippen LogP contribution >= 0.6 is 0 Å². The summed E-state index contributed by atoms with van der Waals surface area (Å²) in [7, 11) is 0. The molecule has 3 heteroatoms. The number of hydrogen-bond donors (Lipinski definition) is 1. The number of amides is 1. The van der Waals surface area contributed by atoms with Gasteiger partial charge in [-0.05, 0) is 30.7 Å².